The van der Waals surface area contributed by atoms with Crippen LogP contribution < -0.4 is 4.74 Å². The van der Waals surface area contributed by atoms with Crippen LogP contribution in [0.25, 0.3) is 33.2 Å². The van der Waals surface area contributed by atoms with E-state index in [9.17, 15) is 8.42 Å². The highest BCUT2D eigenvalue weighted by molar-refractivity contribution is 7.91. The van der Waals surface area contributed by atoms with E-state index in [-0.39, 0.29) is 22.5 Å². The van der Waals surface area contributed by atoms with E-state index in [2.05, 4.69) is 15.3 Å². The average molecular weight is 579 g/mol. The molecule has 0 radical (unpaired) electrons. The zero-order valence-electron chi connectivity index (χ0n) is 23.3. The Hall–Kier alpha value is -3.90. The van der Waals surface area contributed by atoms with E-state index in [0.717, 1.165) is 23.2 Å². The second-order valence-electron chi connectivity index (χ2n) is 10.4. The SMILES string of the molecule is CCOc1ncc(S(C)(=O)=O)c2c1c1ncc(-c3c(C)nnn3C)cc1n2[C@H](c1ccccc1F)C1CCOCC1. The first kappa shape index (κ1) is 27.3. The summed E-state index contributed by atoms with van der Waals surface area (Å²) < 4.78 is 57.4. The van der Waals surface area contributed by atoms with Gasteiger partial charge in [0.1, 0.15) is 16.2 Å². The second-order valence-corrected chi connectivity index (χ2v) is 12.4. The summed E-state index contributed by atoms with van der Waals surface area (Å²) in [5, 5.41) is 8.82. The molecule has 12 heteroatoms. The predicted octanol–water partition coefficient (Wildman–Crippen LogP) is 4.65. The number of hydrogen-bond donors (Lipinski definition) is 0. The predicted molar refractivity (Wildman–Crippen MR) is 152 cm³/mol. The Kier molecular flexibility index (Phi) is 6.98. The smallest absolute Gasteiger partial charge is 0.225 e. The molecular formula is C29H31FN6O4S. The summed E-state index contributed by atoms with van der Waals surface area (Å²) >= 11 is 0. The molecule has 5 heterocycles. The lowest BCUT2D eigenvalue weighted by Gasteiger charge is -2.33. The van der Waals surface area contributed by atoms with Gasteiger partial charge in [-0.15, -0.1) is 5.10 Å². The van der Waals surface area contributed by atoms with Crippen molar-refractivity contribution < 1.29 is 22.3 Å². The van der Waals surface area contributed by atoms with E-state index in [1.807, 2.05) is 24.5 Å². The van der Waals surface area contributed by atoms with Gasteiger partial charge in [-0.2, -0.15) is 0 Å². The number of fused-ring (bicyclic) bond motifs is 3. The normalized spacial score (nSPS) is 15.5. The van der Waals surface area contributed by atoms with Gasteiger partial charge in [0.2, 0.25) is 5.88 Å². The molecule has 6 rings (SSSR count). The molecule has 1 fully saturated rings. The number of rotatable bonds is 7. The number of benzene rings is 1. The number of hydrogen-bond acceptors (Lipinski definition) is 8. The van der Waals surface area contributed by atoms with Crippen LogP contribution in [-0.2, 0) is 21.6 Å². The zero-order chi connectivity index (χ0) is 28.9. The maximum Gasteiger partial charge on any atom is 0.225 e. The second kappa shape index (κ2) is 10.5. The van der Waals surface area contributed by atoms with E-state index < -0.39 is 15.9 Å². The highest BCUT2D eigenvalue weighted by Crippen LogP contribution is 2.45. The summed E-state index contributed by atoms with van der Waals surface area (Å²) in [6.45, 7) is 5.08. The van der Waals surface area contributed by atoms with Crippen molar-refractivity contribution in [3.05, 3.63) is 59.8 Å². The first-order valence-corrected chi connectivity index (χ1v) is 15.4. The number of aromatic nitrogens is 6. The van der Waals surface area contributed by atoms with E-state index in [0.29, 0.717) is 60.2 Å². The Morgan fingerprint density at radius 2 is 1.93 bits per heavy atom. The molecule has 0 unspecified atom stereocenters. The van der Waals surface area contributed by atoms with Crippen molar-refractivity contribution in [1.82, 2.24) is 29.5 Å². The highest BCUT2D eigenvalue weighted by Gasteiger charge is 2.35. The summed E-state index contributed by atoms with van der Waals surface area (Å²) in [6, 6.07) is 8.06. The van der Waals surface area contributed by atoms with Crippen LogP contribution in [0.2, 0.25) is 0 Å². The van der Waals surface area contributed by atoms with Crippen LogP contribution in [0.4, 0.5) is 4.39 Å². The van der Waals surface area contributed by atoms with E-state index in [1.165, 1.54) is 12.3 Å². The Morgan fingerprint density at radius 1 is 1.17 bits per heavy atom. The molecule has 0 amide bonds. The lowest BCUT2D eigenvalue weighted by Crippen LogP contribution is -2.28. The Balaban J connectivity index is 1.81. The van der Waals surface area contributed by atoms with E-state index in [4.69, 9.17) is 14.5 Å². The Morgan fingerprint density at radius 3 is 2.59 bits per heavy atom. The number of pyridine rings is 2. The van der Waals surface area contributed by atoms with Gasteiger partial charge in [0.05, 0.1) is 46.7 Å². The van der Waals surface area contributed by atoms with Gasteiger partial charge in [0, 0.05) is 43.8 Å². The molecule has 1 saturated heterocycles. The van der Waals surface area contributed by atoms with E-state index in [1.54, 1.807) is 36.1 Å². The minimum atomic E-state index is -3.76. The first-order valence-electron chi connectivity index (χ1n) is 13.5. The molecule has 4 aromatic heterocycles. The average Bonchev–Trinajstić information content (AvgIpc) is 3.46. The fourth-order valence-corrected chi connectivity index (χ4v) is 6.81. The first-order chi connectivity index (χ1) is 19.7. The number of aryl methyl sites for hydroxylation is 2. The molecule has 0 spiro atoms. The summed E-state index contributed by atoms with van der Waals surface area (Å²) in [5.74, 6) is -0.134. The minimum Gasteiger partial charge on any atom is -0.477 e. The maximum atomic E-state index is 15.7. The van der Waals surface area contributed by atoms with Gasteiger partial charge in [-0.1, -0.05) is 23.4 Å². The van der Waals surface area contributed by atoms with Crippen molar-refractivity contribution in [3.8, 4) is 17.1 Å². The topological polar surface area (TPSA) is 114 Å². The molecule has 0 N–H and O–H groups in total. The third-order valence-corrected chi connectivity index (χ3v) is 8.85. The molecule has 214 valence electrons. The molecule has 0 aliphatic carbocycles. The van der Waals surface area contributed by atoms with Gasteiger partial charge in [-0.3, -0.25) is 4.98 Å². The zero-order valence-corrected chi connectivity index (χ0v) is 24.2. The summed E-state index contributed by atoms with van der Waals surface area (Å²) in [6.07, 6.45) is 5.55. The molecule has 5 aromatic rings. The third-order valence-electron chi connectivity index (χ3n) is 7.75. The third kappa shape index (κ3) is 4.64. The molecule has 1 atom stereocenters. The molecule has 1 aliphatic heterocycles. The fraction of sp³-hybridized carbons (Fsp3) is 0.379. The fourth-order valence-electron chi connectivity index (χ4n) is 6.01. The van der Waals surface area contributed by atoms with Gasteiger partial charge in [0.15, 0.2) is 9.84 Å². The standard InChI is InChI=1S/C29H31FN6O4S/c1-5-40-29-24-25-22(14-19(15-31-25)26-17(2)33-34-35(26)3)36(28(24)23(16-32-29)41(4,37)38)27(18-10-12-39-13-11-18)20-8-6-7-9-21(20)30/h6-9,14-16,18,27H,5,10-13H2,1-4H3/t27-/m0/s1. The van der Waals surface area contributed by atoms with Crippen molar-refractivity contribution >= 4 is 31.8 Å². The van der Waals surface area contributed by atoms with Crippen molar-refractivity contribution in [2.24, 2.45) is 13.0 Å². The lowest BCUT2D eigenvalue weighted by atomic mass is 9.86. The maximum absolute atomic E-state index is 15.7. The van der Waals surface area contributed by atoms with Crippen molar-refractivity contribution in [3.63, 3.8) is 0 Å². The van der Waals surface area contributed by atoms with Crippen LogP contribution in [0.1, 0.15) is 37.1 Å². The molecule has 1 aromatic carbocycles. The van der Waals surface area contributed by atoms with Crippen molar-refractivity contribution in [2.75, 3.05) is 26.1 Å². The van der Waals surface area contributed by atoms with Gasteiger partial charge in [-0.05, 0) is 44.7 Å². The van der Waals surface area contributed by atoms with Gasteiger partial charge in [-0.25, -0.2) is 22.5 Å². The molecule has 41 heavy (non-hydrogen) atoms. The molecule has 10 nitrogen and oxygen atoms in total. The number of nitrogens with zero attached hydrogens (tertiary/aromatic N) is 6. The van der Waals surface area contributed by atoms with Crippen molar-refractivity contribution in [1.29, 1.82) is 0 Å². The highest BCUT2D eigenvalue weighted by atomic mass is 32.2. The number of sulfone groups is 1. The summed E-state index contributed by atoms with van der Waals surface area (Å²) in [7, 11) is -1.96. The van der Waals surface area contributed by atoms with Crippen LogP contribution in [0.3, 0.4) is 0 Å². The van der Waals surface area contributed by atoms with E-state index >= 15 is 4.39 Å². The molecular weight excluding hydrogens is 547 g/mol. The lowest BCUT2D eigenvalue weighted by molar-refractivity contribution is 0.0548. The van der Waals surface area contributed by atoms with Crippen LogP contribution in [0, 0.1) is 18.7 Å². The van der Waals surface area contributed by atoms with Crippen LogP contribution >= 0.6 is 0 Å². The van der Waals surface area contributed by atoms with Crippen molar-refractivity contribution in [2.45, 2.75) is 37.6 Å². The Labute approximate surface area is 237 Å². The van der Waals surface area contributed by atoms with Crippen LogP contribution in [-0.4, -0.2) is 64.0 Å². The van der Waals surface area contributed by atoms with Crippen LogP contribution in [0.15, 0.2) is 47.6 Å². The summed E-state index contributed by atoms with van der Waals surface area (Å²) in [4.78, 5) is 9.30. The van der Waals surface area contributed by atoms with Gasteiger partial charge < -0.3 is 14.0 Å². The monoisotopic (exact) mass is 578 g/mol. The molecule has 1 aliphatic rings. The molecule has 0 saturated carbocycles. The van der Waals surface area contributed by atoms with Gasteiger partial charge >= 0.3 is 0 Å². The molecule has 0 bridgehead atoms. The van der Waals surface area contributed by atoms with Gasteiger partial charge in [0.25, 0.3) is 0 Å². The quantitative estimate of drug-likeness (QED) is 0.274. The number of halogens is 1. The van der Waals surface area contributed by atoms with Crippen LogP contribution in [0.5, 0.6) is 5.88 Å². The number of ether oxygens (including phenoxy) is 2. The Bertz CT molecular complexity index is 1860. The largest absolute Gasteiger partial charge is 0.477 e. The minimum absolute atomic E-state index is 0.0299. The summed E-state index contributed by atoms with van der Waals surface area (Å²) in [5.41, 5.74) is 4.26.